The van der Waals surface area contributed by atoms with Gasteiger partial charge in [-0.15, -0.1) is 0 Å². The predicted molar refractivity (Wildman–Crippen MR) is 152 cm³/mol. The number of piperidine rings is 1. The van der Waals surface area contributed by atoms with Gasteiger partial charge in [0.05, 0.1) is 0 Å². The number of rotatable bonds is 5. The largest absolute Gasteiger partial charge is 0.407 e. The molecule has 5 rings (SSSR count). The molecule has 1 spiro atoms. The van der Waals surface area contributed by atoms with E-state index >= 15 is 0 Å². The van der Waals surface area contributed by atoms with Gasteiger partial charge in [0, 0.05) is 33.8 Å². The third kappa shape index (κ3) is 6.72. The number of nitrogens with one attached hydrogen (secondary N) is 3. The van der Waals surface area contributed by atoms with Gasteiger partial charge in [0.2, 0.25) is 0 Å². The predicted octanol–water partition coefficient (Wildman–Crippen LogP) is 5.12. The van der Waals surface area contributed by atoms with E-state index in [1.54, 1.807) is 25.3 Å². The minimum atomic E-state index is -4.65. The molecule has 0 amide bonds. The summed E-state index contributed by atoms with van der Waals surface area (Å²) in [5, 5.41) is 20.0. The van der Waals surface area contributed by atoms with Crippen LogP contribution in [0.4, 0.5) is 13.2 Å². The molecule has 1 aliphatic carbocycles. The lowest BCUT2D eigenvalue weighted by atomic mass is 9.92. The fraction of sp³-hybridized carbons (Fsp3) is 0.621. The fourth-order valence-electron chi connectivity index (χ4n) is 5.49. The van der Waals surface area contributed by atoms with Crippen LogP contribution in [0.5, 0.6) is 0 Å². The second-order valence-corrected chi connectivity index (χ2v) is 10.4. The highest BCUT2D eigenvalue weighted by Crippen LogP contribution is 2.54. The number of fused-ring (bicyclic) bond motifs is 1. The van der Waals surface area contributed by atoms with Crippen molar-refractivity contribution in [1.82, 2.24) is 25.8 Å². The molecular formula is C29H48F3N5O2. The van der Waals surface area contributed by atoms with Gasteiger partial charge in [0.1, 0.15) is 24.2 Å². The summed E-state index contributed by atoms with van der Waals surface area (Å²) >= 11 is 0. The summed E-state index contributed by atoms with van der Waals surface area (Å²) in [5.74, 6) is 0.332. The number of halogens is 3. The fourth-order valence-corrected chi connectivity index (χ4v) is 5.49. The van der Waals surface area contributed by atoms with Crippen LogP contribution < -0.4 is 16.0 Å². The monoisotopic (exact) mass is 555 g/mol. The average molecular weight is 556 g/mol. The highest BCUT2D eigenvalue weighted by Gasteiger charge is 2.51. The summed E-state index contributed by atoms with van der Waals surface area (Å²) in [6.07, 6.45) is 8.87. The zero-order valence-electron chi connectivity index (χ0n) is 23.9. The van der Waals surface area contributed by atoms with E-state index in [-0.39, 0.29) is 19.8 Å². The molecule has 0 aromatic rings. The maximum atomic E-state index is 14.5. The quantitative estimate of drug-likeness (QED) is 0.375. The number of nitrogens with zero attached hydrogens (tertiary/aromatic N) is 2. The highest BCUT2D eigenvalue weighted by atomic mass is 19.4. The van der Waals surface area contributed by atoms with Crippen LogP contribution in [0.3, 0.4) is 0 Å². The van der Waals surface area contributed by atoms with Crippen molar-refractivity contribution in [2.45, 2.75) is 97.5 Å². The molecule has 4 aliphatic heterocycles. The first kappa shape index (κ1) is 30.8. The Morgan fingerprint density at radius 2 is 1.77 bits per heavy atom. The van der Waals surface area contributed by atoms with E-state index < -0.39 is 30.3 Å². The molecule has 5 aliphatic rings. The molecule has 10 heteroatoms. The molecule has 2 fully saturated rings. The SMILES string of the molecule is CC.CC.CC(=O)C1=CC=CNC1N[C@@H](C1=CC=CN2C1NC(N1CCC3(CC1)CC3)=CC2(C)O)C(F)(F)F.[HH].[HH]. The van der Waals surface area contributed by atoms with Gasteiger partial charge >= 0.3 is 6.18 Å². The van der Waals surface area contributed by atoms with Crippen molar-refractivity contribution < 1.29 is 25.9 Å². The number of likely N-dealkylation sites (tertiary alicyclic amines) is 1. The van der Waals surface area contributed by atoms with Crippen LogP contribution in [0.15, 0.2) is 59.7 Å². The van der Waals surface area contributed by atoms with Gasteiger partial charge in [-0.2, -0.15) is 13.2 Å². The van der Waals surface area contributed by atoms with Crippen molar-refractivity contribution in [1.29, 1.82) is 0 Å². The van der Waals surface area contributed by atoms with Crippen molar-refractivity contribution in [2.75, 3.05) is 13.1 Å². The average Bonchev–Trinajstić information content (AvgIpc) is 3.67. The van der Waals surface area contributed by atoms with Crippen molar-refractivity contribution >= 4 is 5.78 Å². The molecule has 39 heavy (non-hydrogen) atoms. The molecule has 4 N–H and O–H groups in total. The summed E-state index contributed by atoms with van der Waals surface area (Å²) in [5.41, 5.74) is -0.798. The Labute approximate surface area is 233 Å². The Kier molecular flexibility index (Phi) is 9.64. The first-order chi connectivity index (χ1) is 18.5. The Morgan fingerprint density at radius 1 is 1.13 bits per heavy atom. The summed E-state index contributed by atoms with van der Waals surface area (Å²) in [6, 6.07) is -2.06. The number of alkyl halides is 3. The lowest BCUT2D eigenvalue weighted by Gasteiger charge is -2.51. The smallest absolute Gasteiger partial charge is 0.372 e. The molecule has 3 unspecified atom stereocenters. The van der Waals surface area contributed by atoms with Gasteiger partial charge in [0.15, 0.2) is 11.5 Å². The minimum absolute atomic E-state index is 0. The second kappa shape index (κ2) is 12.2. The standard InChI is InChI=1S/C25H32F3N5O2.2C2H6.2H2/c1-16(34)17-5-3-11-29-21(17)31-20(25(26,27)28)18-6-4-12-33-22(18)30-19(15-23(33,2)35)32-13-9-24(7-8-24)10-14-32;2*1-2;;/h3-6,11-12,15,20-22,29-31,35H,7-10,13-14H2,1-2H3;2*1-2H3;2*1H/t20-,21?,22?,23?;;;;/m0..../s1. The summed E-state index contributed by atoms with van der Waals surface area (Å²) < 4.78 is 43.4. The van der Waals surface area contributed by atoms with E-state index in [4.69, 9.17) is 0 Å². The molecule has 0 aromatic heterocycles. The molecule has 0 bridgehead atoms. The third-order valence-electron chi connectivity index (χ3n) is 7.82. The van der Waals surface area contributed by atoms with Gasteiger partial charge in [-0.1, -0.05) is 39.8 Å². The number of carbonyl (C=O) groups is 1. The first-order valence-corrected chi connectivity index (χ1v) is 14.1. The molecule has 7 nitrogen and oxygen atoms in total. The van der Waals surface area contributed by atoms with Crippen LogP contribution in [0.2, 0.25) is 0 Å². The summed E-state index contributed by atoms with van der Waals surface area (Å²) in [6.45, 7) is 12.5. The molecule has 4 heterocycles. The van der Waals surface area contributed by atoms with Crippen LogP contribution in [-0.2, 0) is 4.79 Å². The molecule has 0 aromatic carbocycles. The molecule has 4 atom stereocenters. The van der Waals surface area contributed by atoms with Gasteiger partial charge in [-0.25, -0.2) is 0 Å². The van der Waals surface area contributed by atoms with E-state index in [9.17, 15) is 23.1 Å². The van der Waals surface area contributed by atoms with E-state index in [1.165, 1.54) is 49.1 Å². The topological polar surface area (TPSA) is 79.9 Å². The van der Waals surface area contributed by atoms with E-state index in [2.05, 4.69) is 20.9 Å². The van der Waals surface area contributed by atoms with Gasteiger partial charge in [0.25, 0.3) is 0 Å². The molecule has 1 saturated heterocycles. The minimum Gasteiger partial charge on any atom is -0.372 e. The van der Waals surface area contributed by atoms with Gasteiger partial charge < -0.3 is 25.5 Å². The maximum absolute atomic E-state index is 14.5. The normalized spacial score (nSPS) is 29.1. The zero-order chi connectivity index (χ0) is 29.0. The zero-order valence-corrected chi connectivity index (χ0v) is 23.9. The molecular weight excluding hydrogens is 507 g/mol. The van der Waals surface area contributed by atoms with Crippen LogP contribution in [0.25, 0.3) is 0 Å². The maximum Gasteiger partial charge on any atom is 0.407 e. The van der Waals surface area contributed by atoms with Crippen LogP contribution in [-0.4, -0.2) is 64.1 Å². The highest BCUT2D eigenvalue weighted by molar-refractivity contribution is 5.95. The summed E-state index contributed by atoms with van der Waals surface area (Å²) in [4.78, 5) is 15.7. The van der Waals surface area contributed by atoms with Crippen molar-refractivity contribution in [3.8, 4) is 0 Å². The second-order valence-electron chi connectivity index (χ2n) is 10.4. The number of Topliss-reactive ketones (excluding diaryl/α,β-unsaturated/α-hetero) is 1. The van der Waals surface area contributed by atoms with E-state index in [0.29, 0.717) is 11.2 Å². The van der Waals surface area contributed by atoms with E-state index in [1.807, 2.05) is 27.7 Å². The Balaban J connectivity index is 0.00000134. The number of dihydropyridines is 1. The van der Waals surface area contributed by atoms with Crippen molar-refractivity contribution in [3.63, 3.8) is 0 Å². The van der Waals surface area contributed by atoms with Crippen LogP contribution in [0.1, 0.15) is 70.1 Å². The number of carbonyl (C=O) groups excluding carboxylic acids is 1. The van der Waals surface area contributed by atoms with Crippen molar-refractivity contribution in [2.24, 2.45) is 5.41 Å². The number of hydrogen-bond donors (Lipinski definition) is 4. The lowest BCUT2D eigenvalue weighted by molar-refractivity contribution is -0.153. The Morgan fingerprint density at radius 3 is 2.33 bits per heavy atom. The Bertz CT molecular complexity index is 1040. The third-order valence-corrected chi connectivity index (χ3v) is 7.82. The molecule has 222 valence electrons. The Hall–Kier alpha value is -2.72. The number of aliphatic hydroxyl groups is 1. The number of ketones is 1. The summed E-state index contributed by atoms with van der Waals surface area (Å²) in [7, 11) is 0. The van der Waals surface area contributed by atoms with E-state index in [0.717, 1.165) is 25.9 Å². The van der Waals surface area contributed by atoms with Crippen molar-refractivity contribution in [3.05, 3.63) is 59.7 Å². The number of hydrogen-bond acceptors (Lipinski definition) is 7. The first-order valence-electron chi connectivity index (χ1n) is 14.1. The van der Waals surface area contributed by atoms with Crippen LogP contribution in [0, 0.1) is 5.41 Å². The van der Waals surface area contributed by atoms with Crippen LogP contribution >= 0.6 is 0 Å². The molecule has 1 saturated carbocycles. The van der Waals surface area contributed by atoms with Gasteiger partial charge in [-0.3, -0.25) is 10.1 Å². The number of allylic oxidation sites excluding steroid dienone is 4. The molecule has 0 radical (unpaired) electrons. The van der Waals surface area contributed by atoms with Gasteiger partial charge in [-0.05, 0) is 68.9 Å². The lowest BCUT2D eigenvalue weighted by Crippen LogP contribution is -2.65.